The van der Waals surface area contributed by atoms with Crippen molar-refractivity contribution in [2.75, 3.05) is 0 Å². The van der Waals surface area contributed by atoms with E-state index in [4.69, 9.17) is 0 Å². The first-order valence-corrected chi connectivity index (χ1v) is 5.60. The molecule has 0 radical (unpaired) electrons. The summed E-state index contributed by atoms with van der Waals surface area (Å²) < 4.78 is 0. The number of hydrogen-bond donors (Lipinski definition) is 1. The van der Waals surface area contributed by atoms with Crippen LogP contribution in [0.1, 0.15) is 31.0 Å². The molecular formula is C10H17NOS. The van der Waals surface area contributed by atoms with E-state index < -0.39 is 0 Å². The minimum absolute atomic E-state index is 0.228. The largest absolute Gasteiger partial charge is 0.393 e. The SMILES string of the molecule is CCC(Cc1nc(C)cs1)C(C)O. The van der Waals surface area contributed by atoms with Crippen molar-refractivity contribution in [3.63, 3.8) is 0 Å². The van der Waals surface area contributed by atoms with Gasteiger partial charge in [0.15, 0.2) is 0 Å². The van der Waals surface area contributed by atoms with Crippen molar-refractivity contribution in [2.45, 2.75) is 39.7 Å². The Bertz CT molecular complexity index is 257. The summed E-state index contributed by atoms with van der Waals surface area (Å²) in [4.78, 5) is 4.39. The van der Waals surface area contributed by atoms with Crippen molar-refractivity contribution >= 4 is 11.3 Å². The molecule has 1 heterocycles. The van der Waals surface area contributed by atoms with E-state index in [1.165, 1.54) is 0 Å². The molecule has 0 amide bonds. The van der Waals surface area contributed by atoms with Gasteiger partial charge in [-0.15, -0.1) is 11.3 Å². The highest BCUT2D eigenvalue weighted by Crippen LogP contribution is 2.18. The Morgan fingerprint density at radius 3 is 2.69 bits per heavy atom. The number of aliphatic hydroxyl groups excluding tert-OH is 1. The average molecular weight is 199 g/mol. The molecule has 0 aliphatic heterocycles. The lowest BCUT2D eigenvalue weighted by Crippen LogP contribution is -2.18. The fraction of sp³-hybridized carbons (Fsp3) is 0.700. The van der Waals surface area contributed by atoms with Crippen molar-refractivity contribution in [3.8, 4) is 0 Å². The van der Waals surface area contributed by atoms with Gasteiger partial charge in [-0.2, -0.15) is 0 Å². The van der Waals surface area contributed by atoms with Crippen molar-refractivity contribution in [3.05, 3.63) is 16.1 Å². The van der Waals surface area contributed by atoms with Gasteiger partial charge in [0.25, 0.3) is 0 Å². The van der Waals surface area contributed by atoms with Crippen LogP contribution in [0.4, 0.5) is 0 Å². The third kappa shape index (κ3) is 3.08. The summed E-state index contributed by atoms with van der Waals surface area (Å²) in [6, 6.07) is 0. The Morgan fingerprint density at radius 2 is 2.31 bits per heavy atom. The van der Waals surface area contributed by atoms with Crippen LogP contribution in [-0.2, 0) is 6.42 Å². The molecule has 1 N–H and O–H groups in total. The van der Waals surface area contributed by atoms with E-state index in [9.17, 15) is 5.11 Å². The van der Waals surface area contributed by atoms with E-state index in [-0.39, 0.29) is 6.10 Å². The third-order valence-electron chi connectivity index (χ3n) is 2.31. The van der Waals surface area contributed by atoms with Gasteiger partial charge in [-0.3, -0.25) is 0 Å². The molecule has 2 atom stereocenters. The number of hydrogen-bond acceptors (Lipinski definition) is 3. The zero-order chi connectivity index (χ0) is 9.84. The number of nitrogens with zero attached hydrogens (tertiary/aromatic N) is 1. The van der Waals surface area contributed by atoms with Crippen LogP contribution in [-0.4, -0.2) is 16.2 Å². The highest BCUT2D eigenvalue weighted by atomic mass is 32.1. The summed E-state index contributed by atoms with van der Waals surface area (Å²) in [7, 11) is 0. The van der Waals surface area contributed by atoms with E-state index in [2.05, 4.69) is 17.3 Å². The van der Waals surface area contributed by atoms with Crippen molar-refractivity contribution in [1.29, 1.82) is 0 Å². The highest BCUT2D eigenvalue weighted by molar-refractivity contribution is 7.09. The number of aryl methyl sites for hydroxylation is 1. The second-order valence-corrected chi connectivity index (χ2v) is 4.44. The molecule has 3 heteroatoms. The molecule has 1 aromatic rings. The standard InChI is InChI=1S/C10H17NOS/c1-4-9(8(3)12)5-10-11-7(2)6-13-10/h6,8-9,12H,4-5H2,1-3H3. The minimum Gasteiger partial charge on any atom is -0.393 e. The third-order valence-corrected chi connectivity index (χ3v) is 3.30. The van der Waals surface area contributed by atoms with Crippen LogP contribution < -0.4 is 0 Å². The summed E-state index contributed by atoms with van der Waals surface area (Å²) >= 11 is 1.69. The summed E-state index contributed by atoms with van der Waals surface area (Å²) in [5, 5.41) is 12.7. The Hall–Kier alpha value is -0.410. The van der Waals surface area contributed by atoms with Crippen LogP contribution in [0, 0.1) is 12.8 Å². The maximum atomic E-state index is 9.46. The van der Waals surface area contributed by atoms with Crippen LogP contribution in [0.3, 0.4) is 0 Å². The summed E-state index contributed by atoms with van der Waals surface area (Å²) in [6.07, 6.45) is 1.69. The quantitative estimate of drug-likeness (QED) is 0.807. The van der Waals surface area contributed by atoms with E-state index in [0.717, 1.165) is 23.5 Å². The van der Waals surface area contributed by atoms with Crippen LogP contribution in [0.2, 0.25) is 0 Å². The monoisotopic (exact) mass is 199 g/mol. The first-order valence-electron chi connectivity index (χ1n) is 4.72. The van der Waals surface area contributed by atoms with Crippen molar-refractivity contribution in [2.24, 2.45) is 5.92 Å². The molecule has 1 rings (SSSR count). The molecule has 0 aromatic carbocycles. The van der Waals surface area contributed by atoms with Gasteiger partial charge >= 0.3 is 0 Å². The van der Waals surface area contributed by atoms with Gasteiger partial charge in [-0.1, -0.05) is 13.3 Å². The molecule has 0 spiro atoms. The molecule has 0 saturated carbocycles. The molecule has 0 aliphatic rings. The maximum Gasteiger partial charge on any atom is 0.0931 e. The lowest BCUT2D eigenvalue weighted by molar-refractivity contribution is 0.123. The van der Waals surface area contributed by atoms with Crippen molar-refractivity contribution < 1.29 is 5.11 Å². The molecule has 0 saturated heterocycles. The summed E-state index contributed by atoms with van der Waals surface area (Å²) in [6.45, 7) is 5.97. The van der Waals surface area contributed by atoms with Gasteiger partial charge < -0.3 is 5.11 Å². The number of rotatable bonds is 4. The molecule has 2 unspecified atom stereocenters. The molecule has 74 valence electrons. The second kappa shape index (κ2) is 4.72. The fourth-order valence-corrected chi connectivity index (χ4v) is 2.24. The van der Waals surface area contributed by atoms with Crippen LogP contribution in [0.15, 0.2) is 5.38 Å². The minimum atomic E-state index is -0.228. The Morgan fingerprint density at radius 1 is 1.62 bits per heavy atom. The molecule has 0 bridgehead atoms. The Labute approximate surface area is 83.6 Å². The number of thiazole rings is 1. The normalized spacial score (nSPS) is 15.7. The van der Waals surface area contributed by atoms with E-state index in [0.29, 0.717) is 5.92 Å². The van der Waals surface area contributed by atoms with Gasteiger partial charge in [0.2, 0.25) is 0 Å². The topological polar surface area (TPSA) is 33.1 Å². The first kappa shape index (κ1) is 10.7. The van der Waals surface area contributed by atoms with E-state index in [1.54, 1.807) is 11.3 Å². The van der Waals surface area contributed by atoms with Crippen LogP contribution in [0.25, 0.3) is 0 Å². The zero-order valence-corrected chi connectivity index (χ0v) is 9.27. The van der Waals surface area contributed by atoms with Gasteiger partial charge in [0, 0.05) is 17.5 Å². The van der Waals surface area contributed by atoms with E-state index in [1.807, 2.05) is 13.8 Å². The molecule has 0 fully saturated rings. The molecule has 1 aromatic heterocycles. The predicted molar refractivity (Wildman–Crippen MR) is 56.0 cm³/mol. The zero-order valence-electron chi connectivity index (χ0n) is 8.45. The lowest BCUT2D eigenvalue weighted by atomic mass is 9.97. The van der Waals surface area contributed by atoms with E-state index >= 15 is 0 Å². The molecular weight excluding hydrogens is 182 g/mol. The fourth-order valence-electron chi connectivity index (χ4n) is 1.38. The molecule has 0 aliphatic carbocycles. The lowest BCUT2D eigenvalue weighted by Gasteiger charge is -2.15. The average Bonchev–Trinajstić information content (AvgIpc) is 2.46. The Balaban J connectivity index is 2.56. The maximum absolute atomic E-state index is 9.46. The van der Waals surface area contributed by atoms with Gasteiger partial charge in [0.1, 0.15) is 0 Å². The summed E-state index contributed by atoms with van der Waals surface area (Å²) in [5.74, 6) is 0.352. The number of aliphatic hydroxyl groups is 1. The first-order chi connectivity index (χ1) is 6.13. The number of aromatic nitrogens is 1. The van der Waals surface area contributed by atoms with Crippen molar-refractivity contribution in [1.82, 2.24) is 4.98 Å². The second-order valence-electron chi connectivity index (χ2n) is 3.50. The van der Waals surface area contributed by atoms with Crippen LogP contribution >= 0.6 is 11.3 Å². The van der Waals surface area contributed by atoms with Gasteiger partial charge in [-0.05, 0) is 19.8 Å². The molecule has 2 nitrogen and oxygen atoms in total. The predicted octanol–water partition coefficient (Wildman–Crippen LogP) is 2.40. The summed E-state index contributed by atoms with van der Waals surface area (Å²) in [5.41, 5.74) is 1.08. The highest BCUT2D eigenvalue weighted by Gasteiger charge is 2.14. The Kier molecular flexibility index (Phi) is 3.88. The van der Waals surface area contributed by atoms with Gasteiger partial charge in [0.05, 0.1) is 11.1 Å². The molecule has 13 heavy (non-hydrogen) atoms. The van der Waals surface area contributed by atoms with Crippen LogP contribution in [0.5, 0.6) is 0 Å². The van der Waals surface area contributed by atoms with Gasteiger partial charge in [-0.25, -0.2) is 4.98 Å². The smallest absolute Gasteiger partial charge is 0.0931 e.